The number of amides is 2. The Morgan fingerprint density at radius 2 is 1.70 bits per heavy atom. The van der Waals surface area contributed by atoms with Crippen LogP contribution in [0, 0.1) is 0 Å². The number of ether oxygens (including phenoxy) is 2. The Morgan fingerprint density at radius 1 is 0.970 bits per heavy atom. The standard InChI is InChI=1S/C26H28ClN3O3/c27-22-9-11-23(12-10-22)28-26(31)30(14-13-29-15-17-32-18-16-29)20-21-5-4-8-25(19-21)33-24-6-2-1-3-7-24/h1-12,19H,13-18,20H2,(H,28,31). The van der Waals surface area contributed by atoms with Crippen LogP contribution in [0.3, 0.4) is 0 Å². The number of benzene rings is 3. The van der Waals surface area contributed by atoms with Gasteiger partial charge in [-0.3, -0.25) is 4.90 Å². The van der Waals surface area contributed by atoms with E-state index in [0.717, 1.165) is 49.9 Å². The number of hydrogen-bond acceptors (Lipinski definition) is 4. The van der Waals surface area contributed by atoms with E-state index >= 15 is 0 Å². The second kappa shape index (κ2) is 11.7. The van der Waals surface area contributed by atoms with Crippen LogP contribution in [0.15, 0.2) is 78.9 Å². The van der Waals surface area contributed by atoms with Crippen molar-refractivity contribution in [2.24, 2.45) is 0 Å². The van der Waals surface area contributed by atoms with E-state index < -0.39 is 0 Å². The highest BCUT2D eigenvalue weighted by atomic mass is 35.5. The molecule has 0 unspecified atom stereocenters. The summed E-state index contributed by atoms with van der Waals surface area (Å²) in [5.41, 5.74) is 1.71. The number of morpholine rings is 1. The second-order valence-corrected chi connectivity index (χ2v) is 8.31. The number of rotatable bonds is 8. The summed E-state index contributed by atoms with van der Waals surface area (Å²) in [4.78, 5) is 17.3. The lowest BCUT2D eigenvalue weighted by molar-refractivity contribution is 0.0349. The van der Waals surface area contributed by atoms with Gasteiger partial charge in [0, 0.05) is 43.4 Å². The van der Waals surface area contributed by atoms with E-state index in [9.17, 15) is 4.79 Å². The summed E-state index contributed by atoms with van der Waals surface area (Å²) in [6, 6.07) is 24.5. The van der Waals surface area contributed by atoms with Crippen LogP contribution in [0.1, 0.15) is 5.56 Å². The van der Waals surface area contributed by atoms with Crippen molar-refractivity contribution in [2.75, 3.05) is 44.7 Å². The van der Waals surface area contributed by atoms with Crippen LogP contribution in [0.4, 0.5) is 10.5 Å². The zero-order valence-electron chi connectivity index (χ0n) is 18.5. The largest absolute Gasteiger partial charge is 0.457 e. The van der Waals surface area contributed by atoms with Crippen LogP contribution in [0.2, 0.25) is 5.02 Å². The maximum atomic E-state index is 13.2. The first kappa shape index (κ1) is 23.1. The molecule has 6 nitrogen and oxygen atoms in total. The smallest absolute Gasteiger partial charge is 0.322 e. The molecule has 0 aliphatic carbocycles. The molecule has 0 aromatic heterocycles. The highest BCUT2D eigenvalue weighted by Crippen LogP contribution is 2.23. The van der Waals surface area contributed by atoms with E-state index in [2.05, 4.69) is 10.2 Å². The average molecular weight is 466 g/mol. The Morgan fingerprint density at radius 3 is 2.45 bits per heavy atom. The van der Waals surface area contributed by atoms with Gasteiger partial charge in [0.1, 0.15) is 11.5 Å². The molecular formula is C26H28ClN3O3. The molecule has 1 heterocycles. The molecule has 3 aromatic rings. The van der Waals surface area contributed by atoms with Crippen molar-refractivity contribution < 1.29 is 14.3 Å². The predicted molar refractivity (Wildman–Crippen MR) is 131 cm³/mol. The van der Waals surface area contributed by atoms with Gasteiger partial charge in [-0.15, -0.1) is 0 Å². The Hall–Kier alpha value is -3.06. The summed E-state index contributed by atoms with van der Waals surface area (Å²) in [6.45, 7) is 5.09. The van der Waals surface area contributed by atoms with Gasteiger partial charge in [0.25, 0.3) is 0 Å². The third kappa shape index (κ3) is 7.22. The molecule has 0 spiro atoms. The summed E-state index contributed by atoms with van der Waals surface area (Å²) >= 11 is 5.98. The molecule has 3 aromatic carbocycles. The third-order valence-corrected chi connectivity index (χ3v) is 5.68. The van der Waals surface area contributed by atoms with Gasteiger partial charge in [-0.1, -0.05) is 41.9 Å². The fraction of sp³-hybridized carbons (Fsp3) is 0.269. The van der Waals surface area contributed by atoms with Crippen LogP contribution in [-0.4, -0.2) is 55.2 Å². The van der Waals surface area contributed by atoms with Crippen molar-refractivity contribution in [3.63, 3.8) is 0 Å². The lowest BCUT2D eigenvalue weighted by Crippen LogP contribution is -2.44. The number of halogens is 1. The minimum absolute atomic E-state index is 0.153. The Kier molecular flexibility index (Phi) is 8.19. The van der Waals surface area contributed by atoms with Crippen LogP contribution in [0.5, 0.6) is 11.5 Å². The minimum atomic E-state index is -0.153. The average Bonchev–Trinajstić information content (AvgIpc) is 2.84. The molecule has 0 atom stereocenters. The first-order valence-corrected chi connectivity index (χ1v) is 11.5. The van der Waals surface area contributed by atoms with E-state index in [0.29, 0.717) is 23.8 Å². The molecule has 0 radical (unpaired) electrons. The molecule has 33 heavy (non-hydrogen) atoms. The first-order valence-electron chi connectivity index (χ1n) is 11.1. The maximum Gasteiger partial charge on any atom is 0.322 e. The van der Waals surface area contributed by atoms with Crippen molar-refractivity contribution in [3.05, 3.63) is 89.4 Å². The molecular weight excluding hydrogens is 438 g/mol. The van der Waals surface area contributed by atoms with Gasteiger partial charge in [-0.05, 0) is 54.1 Å². The molecule has 1 fully saturated rings. The molecule has 1 aliphatic heterocycles. The van der Waals surface area contributed by atoms with Crippen molar-refractivity contribution >= 4 is 23.3 Å². The molecule has 1 aliphatic rings. The third-order valence-electron chi connectivity index (χ3n) is 5.42. The molecule has 7 heteroatoms. The first-order chi connectivity index (χ1) is 16.2. The second-order valence-electron chi connectivity index (χ2n) is 7.88. The van der Waals surface area contributed by atoms with Crippen LogP contribution in [0.25, 0.3) is 0 Å². The highest BCUT2D eigenvalue weighted by molar-refractivity contribution is 6.30. The normalized spacial score (nSPS) is 14.0. The van der Waals surface area contributed by atoms with Gasteiger partial charge in [0.15, 0.2) is 0 Å². The molecule has 1 N–H and O–H groups in total. The molecule has 172 valence electrons. The quantitative estimate of drug-likeness (QED) is 0.477. The highest BCUT2D eigenvalue weighted by Gasteiger charge is 2.18. The van der Waals surface area contributed by atoms with Gasteiger partial charge in [0.2, 0.25) is 0 Å². The Labute approximate surface area is 199 Å². The van der Waals surface area contributed by atoms with E-state index in [1.165, 1.54) is 0 Å². The van der Waals surface area contributed by atoms with Crippen LogP contribution < -0.4 is 10.1 Å². The summed E-state index contributed by atoms with van der Waals surface area (Å²) < 4.78 is 11.4. The van der Waals surface area contributed by atoms with Gasteiger partial charge < -0.3 is 19.7 Å². The van der Waals surface area contributed by atoms with Crippen molar-refractivity contribution in [1.82, 2.24) is 9.80 Å². The van der Waals surface area contributed by atoms with Crippen molar-refractivity contribution in [1.29, 1.82) is 0 Å². The fourth-order valence-electron chi connectivity index (χ4n) is 3.63. The number of anilines is 1. The zero-order chi connectivity index (χ0) is 22.9. The molecule has 0 saturated carbocycles. The van der Waals surface area contributed by atoms with E-state index in [1.54, 1.807) is 24.3 Å². The number of carbonyl (C=O) groups is 1. The monoisotopic (exact) mass is 465 g/mol. The molecule has 4 rings (SSSR count). The van der Waals surface area contributed by atoms with Gasteiger partial charge >= 0.3 is 6.03 Å². The number of nitrogens with zero attached hydrogens (tertiary/aromatic N) is 2. The maximum absolute atomic E-state index is 13.2. The Balaban J connectivity index is 1.45. The number of carbonyl (C=O) groups excluding carboxylic acids is 1. The van der Waals surface area contributed by atoms with Crippen molar-refractivity contribution in [3.8, 4) is 11.5 Å². The summed E-state index contributed by atoms with van der Waals surface area (Å²) in [5, 5.41) is 3.62. The van der Waals surface area contributed by atoms with E-state index in [-0.39, 0.29) is 6.03 Å². The number of nitrogens with one attached hydrogen (secondary N) is 1. The number of hydrogen-bond donors (Lipinski definition) is 1. The minimum Gasteiger partial charge on any atom is -0.457 e. The summed E-state index contributed by atoms with van der Waals surface area (Å²) in [5.74, 6) is 1.52. The zero-order valence-corrected chi connectivity index (χ0v) is 19.2. The van der Waals surface area contributed by atoms with E-state index in [4.69, 9.17) is 21.1 Å². The predicted octanol–water partition coefficient (Wildman–Crippen LogP) is 5.50. The lowest BCUT2D eigenvalue weighted by Gasteiger charge is -2.30. The van der Waals surface area contributed by atoms with Gasteiger partial charge in [-0.2, -0.15) is 0 Å². The van der Waals surface area contributed by atoms with Gasteiger partial charge in [0.05, 0.1) is 13.2 Å². The summed E-state index contributed by atoms with van der Waals surface area (Å²) in [6.07, 6.45) is 0. The van der Waals surface area contributed by atoms with Crippen LogP contribution in [-0.2, 0) is 11.3 Å². The van der Waals surface area contributed by atoms with Crippen LogP contribution >= 0.6 is 11.6 Å². The SMILES string of the molecule is O=C(Nc1ccc(Cl)cc1)N(CCN1CCOCC1)Cc1cccc(Oc2ccccc2)c1. The van der Waals surface area contributed by atoms with Crippen molar-refractivity contribution in [2.45, 2.75) is 6.54 Å². The van der Waals surface area contributed by atoms with E-state index in [1.807, 2.05) is 59.5 Å². The lowest BCUT2D eigenvalue weighted by atomic mass is 10.2. The summed E-state index contributed by atoms with van der Waals surface area (Å²) in [7, 11) is 0. The van der Waals surface area contributed by atoms with Gasteiger partial charge in [-0.25, -0.2) is 4.79 Å². The number of para-hydroxylation sites is 1. The Bertz CT molecular complexity index is 1020. The fourth-order valence-corrected chi connectivity index (χ4v) is 3.75. The topological polar surface area (TPSA) is 54.0 Å². The molecule has 0 bridgehead atoms. The molecule has 2 amide bonds. The molecule has 1 saturated heterocycles. The number of urea groups is 1.